The minimum Gasteiger partial charge on any atom is -0.335 e. The van der Waals surface area contributed by atoms with Crippen molar-refractivity contribution in [1.29, 1.82) is 0 Å². The molecule has 0 bridgehead atoms. The van der Waals surface area contributed by atoms with Crippen LogP contribution in [0.3, 0.4) is 0 Å². The van der Waals surface area contributed by atoms with Crippen molar-refractivity contribution in [3.63, 3.8) is 0 Å². The molecule has 0 saturated carbocycles. The number of amides is 1. The molecule has 2 aromatic carbocycles. The lowest BCUT2D eigenvalue weighted by Gasteiger charge is -2.20. The van der Waals surface area contributed by atoms with Crippen LogP contribution < -0.4 is 5.32 Å². The summed E-state index contributed by atoms with van der Waals surface area (Å²) in [6.45, 7) is 5.20. The first-order chi connectivity index (χ1) is 12.7. The van der Waals surface area contributed by atoms with Gasteiger partial charge in [0.1, 0.15) is 0 Å². The van der Waals surface area contributed by atoms with E-state index in [9.17, 15) is 4.79 Å². The zero-order valence-electron chi connectivity index (χ0n) is 15.0. The summed E-state index contributed by atoms with van der Waals surface area (Å²) in [6, 6.07) is 17.9. The van der Waals surface area contributed by atoms with E-state index in [1.54, 1.807) is 17.3 Å². The molecule has 1 N–H and O–H groups in total. The normalized spacial score (nSPS) is 10.4. The Morgan fingerprint density at radius 2 is 1.65 bits per heavy atom. The predicted octanol–water partition coefficient (Wildman–Crippen LogP) is 4.19. The fraction of sp³-hybridized carbons (Fsp3) is 0.190. The summed E-state index contributed by atoms with van der Waals surface area (Å²) in [6.07, 6.45) is 3.14. The maximum Gasteiger partial charge on any atom is 0.257 e. The van der Waals surface area contributed by atoms with Crippen LogP contribution in [0.2, 0.25) is 0 Å². The van der Waals surface area contributed by atoms with Gasteiger partial charge in [0.25, 0.3) is 5.91 Å². The topological polar surface area (TPSA) is 58.1 Å². The summed E-state index contributed by atoms with van der Waals surface area (Å²) in [7, 11) is 0. The van der Waals surface area contributed by atoms with Gasteiger partial charge in [0.15, 0.2) is 0 Å². The van der Waals surface area contributed by atoms with E-state index in [0.29, 0.717) is 24.6 Å². The highest BCUT2D eigenvalue weighted by Crippen LogP contribution is 2.14. The molecule has 1 heterocycles. The average molecular weight is 346 g/mol. The van der Waals surface area contributed by atoms with Crippen molar-refractivity contribution < 1.29 is 4.79 Å². The van der Waals surface area contributed by atoms with Crippen molar-refractivity contribution in [1.82, 2.24) is 14.9 Å². The Morgan fingerprint density at radius 1 is 1.00 bits per heavy atom. The van der Waals surface area contributed by atoms with Gasteiger partial charge in [0.05, 0.1) is 5.56 Å². The van der Waals surface area contributed by atoms with Gasteiger partial charge in [-0.1, -0.05) is 48.0 Å². The van der Waals surface area contributed by atoms with Crippen LogP contribution in [0.15, 0.2) is 67.0 Å². The fourth-order valence-corrected chi connectivity index (χ4v) is 2.58. The molecule has 0 radical (unpaired) electrons. The van der Waals surface area contributed by atoms with Crippen molar-refractivity contribution in [3.8, 4) is 0 Å². The first-order valence-corrected chi connectivity index (χ1v) is 8.64. The second-order valence-electron chi connectivity index (χ2n) is 6.09. The molecule has 1 amide bonds. The van der Waals surface area contributed by atoms with Gasteiger partial charge in [0, 0.05) is 31.2 Å². The zero-order valence-corrected chi connectivity index (χ0v) is 15.0. The van der Waals surface area contributed by atoms with Crippen LogP contribution >= 0.6 is 0 Å². The first kappa shape index (κ1) is 17.6. The van der Waals surface area contributed by atoms with Crippen molar-refractivity contribution in [2.75, 3.05) is 11.9 Å². The molecule has 0 atom stereocenters. The van der Waals surface area contributed by atoms with E-state index in [4.69, 9.17) is 0 Å². The maximum atomic E-state index is 12.7. The third-order valence-corrected chi connectivity index (χ3v) is 4.09. The summed E-state index contributed by atoms with van der Waals surface area (Å²) in [4.78, 5) is 23.0. The molecule has 5 nitrogen and oxygen atoms in total. The smallest absolute Gasteiger partial charge is 0.257 e. The van der Waals surface area contributed by atoms with E-state index in [-0.39, 0.29) is 5.91 Å². The zero-order chi connectivity index (χ0) is 18.4. The number of aryl methyl sites for hydroxylation is 1. The van der Waals surface area contributed by atoms with Crippen molar-refractivity contribution in [2.24, 2.45) is 0 Å². The van der Waals surface area contributed by atoms with Crippen LogP contribution in [0, 0.1) is 6.92 Å². The monoisotopic (exact) mass is 346 g/mol. The number of carbonyl (C=O) groups is 1. The Morgan fingerprint density at radius 3 is 2.27 bits per heavy atom. The maximum absolute atomic E-state index is 12.7. The number of hydrogen-bond acceptors (Lipinski definition) is 4. The average Bonchev–Trinajstić information content (AvgIpc) is 2.69. The van der Waals surface area contributed by atoms with Crippen molar-refractivity contribution in [3.05, 3.63) is 83.7 Å². The second-order valence-corrected chi connectivity index (χ2v) is 6.09. The lowest BCUT2D eigenvalue weighted by molar-refractivity contribution is 0.0752. The Bertz CT molecular complexity index is 845. The number of anilines is 2. The van der Waals surface area contributed by atoms with Crippen LogP contribution in [-0.4, -0.2) is 27.3 Å². The number of aromatic nitrogens is 2. The van der Waals surface area contributed by atoms with Gasteiger partial charge in [-0.15, -0.1) is 0 Å². The Balaban J connectivity index is 1.68. The standard InChI is InChI=1S/C21H22N4O/c1-3-25(15-17-7-5-4-6-8-17)20(26)18-13-22-21(23-14-18)24-19-11-9-16(2)10-12-19/h4-14H,3,15H2,1-2H3,(H,22,23,24). The van der Waals surface area contributed by atoms with Crippen LogP contribution in [0.5, 0.6) is 0 Å². The molecule has 3 rings (SSSR count). The molecule has 132 valence electrons. The molecule has 0 aliphatic rings. The number of benzene rings is 2. The summed E-state index contributed by atoms with van der Waals surface area (Å²) < 4.78 is 0. The summed E-state index contributed by atoms with van der Waals surface area (Å²) in [5.41, 5.74) is 3.68. The van der Waals surface area contributed by atoms with Gasteiger partial charge in [0.2, 0.25) is 5.95 Å². The third kappa shape index (κ3) is 4.45. The number of nitrogens with one attached hydrogen (secondary N) is 1. The van der Waals surface area contributed by atoms with Crippen LogP contribution in [0.4, 0.5) is 11.6 Å². The Kier molecular flexibility index (Phi) is 5.59. The Labute approximate surface area is 153 Å². The van der Waals surface area contributed by atoms with Gasteiger partial charge in [-0.25, -0.2) is 9.97 Å². The molecule has 0 aliphatic heterocycles. The van der Waals surface area contributed by atoms with Crippen LogP contribution in [-0.2, 0) is 6.54 Å². The Hall–Kier alpha value is -3.21. The lowest BCUT2D eigenvalue weighted by atomic mass is 10.2. The highest BCUT2D eigenvalue weighted by atomic mass is 16.2. The second kappa shape index (κ2) is 8.25. The number of rotatable bonds is 6. The molecule has 0 unspecified atom stereocenters. The number of nitrogens with zero attached hydrogens (tertiary/aromatic N) is 3. The van der Waals surface area contributed by atoms with E-state index in [2.05, 4.69) is 15.3 Å². The molecular formula is C21H22N4O. The SMILES string of the molecule is CCN(Cc1ccccc1)C(=O)c1cnc(Nc2ccc(C)cc2)nc1. The van der Waals surface area contributed by atoms with E-state index >= 15 is 0 Å². The molecule has 1 aromatic heterocycles. The molecule has 0 aliphatic carbocycles. The minimum absolute atomic E-state index is 0.0711. The largest absolute Gasteiger partial charge is 0.335 e. The molecule has 0 spiro atoms. The van der Waals surface area contributed by atoms with Gasteiger partial charge in [-0.2, -0.15) is 0 Å². The van der Waals surface area contributed by atoms with Crippen LogP contribution in [0.1, 0.15) is 28.4 Å². The van der Waals surface area contributed by atoms with E-state index in [0.717, 1.165) is 11.3 Å². The summed E-state index contributed by atoms with van der Waals surface area (Å²) >= 11 is 0. The highest BCUT2D eigenvalue weighted by molar-refractivity contribution is 5.93. The van der Waals surface area contributed by atoms with Crippen molar-refractivity contribution in [2.45, 2.75) is 20.4 Å². The lowest BCUT2D eigenvalue weighted by Crippen LogP contribution is -2.30. The number of hydrogen-bond donors (Lipinski definition) is 1. The molecule has 3 aromatic rings. The molecular weight excluding hydrogens is 324 g/mol. The fourth-order valence-electron chi connectivity index (χ4n) is 2.58. The predicted molar refractivity (Wildman–Crippen MR) is 103 cm³/mol. The molecule has 0 fully saturated rings. The van der Waals surface area contributed by atoms with Gasteiger partial charge < -0.3 is 10.2 Å². The van der Waals surface area contributed by atoms with Crippen molar-refractivity contribution >= 4 is 17.5 Å². The summed E-state index contributed by atoms with van der Waals surface area (Å²) in [5, 5.41) is 3.13. The van der Waals surface area contributed by atoms with E-state index in [1.807, 2.05) is 68.4 Å². The van der Waals surface area contributed by atoms with Gasteiger partial charge >= 0.3 is 0 Å². The van der Waals surface area contributed by atoms with E-state index < -0.39 is 0 Å². The third-order valence-electron chi connectivity index (χ3n) is 4.09. The molecule has 0 saturated heterocycles. The van der Waals surface area contributed by atoms with Crippen LogP contribution in [0.25, 0.3) is 0 Å². The summed E-state index contributed by atoms with van der Waals surface area (Å²) in [5.74, 6) is 0.398. The van der Waals surface area contributed by atoms with Gasteiger partial charge in [-0.05, 0) is 31.5 Å². The number of carbonyl (C=O) groups excluding carboxylic acids is 1. The first-order valence-electron chi connectivity index (χ1n) is 8.64. The van der Waals surface area contributed by atoms with Gasteiger partial charge in [-0.3, -0.25) is 4.79 Å². The highest BCUT2D eigenvalue weighted by Gasteiger charge is 2.15. The minimum atomic E-state index is -0.0711. The molecule has 26 heavy (non-hydrogen) atoms. The quantitative estimate of drug-likeness (QED) is 0.727. The molecule has 5 heteroatoms. The van der Waals surface area contributed by atoms with E-state index in [1.165, 1.54) is 5.56 Å².